The first-order valence-corrected chi connectivity index (χ1v) is 6.99. The summed E-state index contributed by atoms with van der Waals surface area (Å²) in [5, 5.41) is 3.64. The van der Waals surface area contributed by atoms with Crippen molar-refractivity contribution in [1.29, 1.82) is 0 Å². The highest BCUT2D eigenvalue weighted by molar-refractivity contribution is 7.91. The molecular formula is C9H18N2O3S. The predicted molar refractivity (Wildman–Crippen MR) is 59.8 cm³/mol. The highest BCUT2D eigenvalue weighted by Crippen LogP contribution is 2.04. The minimum absolute atomic E-state index is 0.293. The standard InChI is InChI=1S/C9H18N2O3S/c1-2-10-14-7-3-4-11-5-8-15(12,13)9-6-11/h2H,3-9H2,1H3/b10-2+. The molecule has 0 spiro atoms. The fraction of sp³-hybridized carbons (Fsp3) is 0.889. The van der Waals surface area contributed by atoms with Crippen molar-refractivity contribution >= 4 is 16.1 Å². The zero-order valence-electron chi connectivity index (χ0n) is 9.05. The quantitative estimate of drug-likeness (QED) is 0.385. The molecule has 15 heavy (non-hydrogen) atoms. The number of hydrogen-bond acceptors (Lipinski definition) is 5. The SMILES string of the molecule is C/C=N/OCCCN1CCS(=O)(=O)CC1. The van der Waals surface area contributed by atoms with Crippen LogP contribution >= 0.6 is 0 Å². The van der Waals surface area contributed by atoms with E-state index in [1.54, 1.807) is 13.1 Å². The normalized spacial score (nSPS) is 21.9. The van der Waals surface area contributed by atoms with E-state index in [1.165, 1.54) is 0 Å². The molecular weight excluding hydrogens is 216 g/mol. The lowest BCUT2D eigenvalue weighted by Gasteiger charge is -2.25. The number of oxime groups is 1. The monoisotopic (exact) mass is 234 g/mol. The topological polar surface area (TPSA) is 59.0 Å². The predicted octanol–water partition coefficient (Wildman–Crippen LogP) is 0.129. The van der Waals surface area contributed by atoms with Crippen LogP contribution in [0.1, 0.15) is 13.3 Å². The molecule has 1 saturated heterocycles. The van der Waals surface area contributed by atoms with Crippen LogP contribution in [-0.4, -0.2) is 57.3 Å². The molecule has 0 N–H and O–H groups in total. The zero-order valence-corrected chi connectivity index (χ0v) is 9.87. The van der Waals surface area contributed by atoms with Crippen LogP contribution in [0.5, 0.6) is 0 Å². The Hall–Kier alpha value is -0.620. The molecule has 1 aliphatic heterocycles. The van der Waals surface area contributed by atoms with Gasteiger partial charge in [-0.2, -0.15) is 0 Å². The first-order chi connectivity index (χ1) is 7.14. The Labute approximate surface area is 91.0 Å². The maximum absolute atomic E-state index is 11.1. The summed E-state index contributed by atoms with van der Waals surface area (Å²) in [7, 11) is -2.75. The van der Waals surface area contributed by atoms with Gasteiger partial charge in [-0.3, -0.25) is 0 Å². The third kappa shape index (κ3) is 5.13. The summed E-state index contributed by atoms with van der Waals surface area (Å²) in [4.78, 5) is 7.09. The molecule has 1 aliphatic rings. The molecule has 0 unspecified atom stereocenters. The number of hydrogen-bond donors (Lipinski definition) is 0. The van der Waals surface area contributed by atoms with Crippen molar-refractivity contribution in [3.8, 4) is 0 Å². The Morgan fingerprint density at radius 1 is 1.40 bits per heavy atom. The van der Waals surface area contributed by atoms with Crippen LogP contribution in [-0.2, 0) is 14.7 Å². The van der Waals surface area contributed by atoms with Crippen LogP contribution in [0.3, 0.4) is 0 Å². The molecule has 5 nitrogen and oxygen atoms in total. The maximum Gasteiger partial charge on any atom is 0.152 e. The van der Waals surface area contributed by atoms with Gasteiger partial charge in [-0.15, -0.1) is 0 Å². The van der Waals surface area contributed by atoms with Crippen molar-refractivity contribution in [3.05, 3.63) is 0 Å². The lowest BCUT2D eigenvalue weighted by atomic mass is 10.4. The molecule has 6 heteroatoms. The molecule has 0 aliphatic carbocycles. The van der Waals surface area contributed by atoms with E-state index in [0.717, 1.165) is 13.0 Å². The summed E-state index contributed by atoms with van der Waals surface area (Å²) >= 11 is 0. The molecule has 0 saturated carbocycles. The van der Waals surface area contributed by atoms with Gasteiger partial charge in [-0.1, -0.05) is 5.16 Å². The third-order valence-electron chi connectivity index (χ3n) is 2.33. The summed E-state index contributed by atoms with van der Waals surface area (Å²) in [6.45, 7) is 4.58. The van der Waals surface area contributed by atoms with Gasteiger partial charge >= 0.3 is 0 Å². The van der Waals surface area contributed by atoms with Gasteiger partial charge in [-0.05, 0) is 13.3 Å². The van der Waals surface area contributed by atoms with E-state index in [2.05, 4.69) is 10.1 Å². The van der Waals surface area contributed by atoms with Gasteiger partial charge in [0.05, 0.1) is 11.5 Å². The van der Waals surface area contributed by atoms with E-state index >= 15 is 0 Å². The first-order valence-electron chi connectivity index (χ1n) is 5.17. The summed E-state index contributed by atoms with van der Waals surface area (Å²) in [5.41, 5.74) is 0. The fourth-order valence-corrected chi connectivity index (χ4v) is 2.73. The molecule has 0 aromatic carbocycles. The summed E-state index contributed by atoms with van der Waals surface area (Å²) in [5.74, 6) is 0.585. The van der Waals surface area contributed by atoms with Gasteiger partial charge in [-0.25, -0.2) is 8.42 Å². The average Bonchev–Trinajstić information content (AvgIpc) is 2.20. The minimum Gasteiger partial charge on any atom is -0.396 e. The second-order valence-electron chi connectivity index (χ2n) is 3.54. The highest BCUT2D eigenvalue weighted by Gasteiger charge is 2.20. The van der Waals surface area contributed by atoms with E-state index in [4.69, 9.17) is 4.84 Å². The van der Waals surface area contributed by atoms with Crippen LogP contribution < -0.4 is 0 Å². The Morgan fingerprint density at radius 2 is 2.07 bits per heavy atom. The van der Waals surface area contributed by atoms with Crippen LogP contribution in [0.2, 0.25) is 0 Å². The van der Waals surface area contributed by atoms with Crippen LogP contribution in [0.25, 0.3) is 0 Å². The first kappa shape index (κ1) is 12.4. The third-order valence-corrected chi connectivity index (χ3v) is 3.94. The molecule has 0 aromatic heterocycles. The van der Waals surface area contributed by atoms with E-state index in [-0.39, 0.29) is 0 Å². The Kier molecular flexibility index (Phi) is 5.04. The molecule has 0 atom stereocenters. The smallest absolute Gasteiger partial charge is 0.152 e. The van der Waals surface area contributed by atoms with Crippen molar-refractivity contribution < 1.29 is 13.3 Å². The van der Waals surface area contributed by atoms with Crippen molar-refractivity contribution in [1.82, 2.24) is 4.90 Å². The van der Waals surface area contributed by atoms with Crippen molar-refractivity contribution in [3.63, 3.8) is 0 Å². The lowest BCUT2D eigenvalue weighted by molar-refractivity contribution is 0.131. The van der Waals surface area contributed by atoms with Gasteiger partial charge in [0.15, 0.2) is 9.84 Å². The Morgan fingerprint density at radius 3 is 2.67 bits per heavy atom. The van der Waals surface area contributed by atoms with Crippen LogP contribution in [0.4, 0.5) is 0 Å². The lowest BCUT2D eigenvalue weighted by Crippen LogP contribution is -2.40. The van der Waals surface area contributed by atoms with Gasteiger partial charge in [0, 0.05) is 25.8 Å². The second-order valence-corrected chi connectivity index (χ2v) is 5.85. The van der Waals surface area contributed by atoms with E-state index in [9.17, 15) is 8.42 Å². The van der Waals surface area contributed by atoms with Crippen molar-refractivity contribution in [2.24, 2.45) is 5.16 Å². The summed E-state index contributed by atoms with van der Waals surface area (Å²) < 4.78 is 22.3. The summed E-state index contributed by atoms with van der Waals surface area (Å²) in [6, 6.07) is 0. The highest BCUT2D eigenvalue weighted by atomic mass is 32.2. The zero-order chi connectivity index (χ0) is 11.1. The average molecular weight is 234 g/mol. The van der Waals surface area contributed by atoms with Gasteiger partial charge in [0.2, 0.25) is 0 Å². The van der Waals surface area contributed by atoms with Crippen LogP contribution in [0.15, 0.2) is 5.16 Å². The molecule has 0 bridgehead atoms. The molecule has 88 valence electrons. The Bertz CT molecular complexity index is 286. The number of rotatable bonds is 5. The minimum atomic E-state index is -2.75. The van der Waals surface area contributed by atoms with E-state index in [1.807, 2.05) is 0 Å². The van der Waals surface area contributed by atoms with Gasteiger partial charge in [0.1, 0.15) is 6.61 Å². The van der Waals surface area contributed by atoms with Crippen molar-refractivity contribution in [2.75, 3.05) is 37.7 Å². The van der Waals surface area contributed by atoms with Crippen molar-refractivity contribution in [2.45, 2.75) is 13.3 Å². The molecule has 1 heterocycles. The molecule has 1 fully saturated rings. The Balaban J connectivity index is 2.09. The van der Waals surface area contributed by atoms with Crippen LogP contribution in [0, 0.1) is 0 Å². The fourth-order valence-electron chi connectivity index (χ4n) is 1.45. The molecule has 0 radical (unpaired) electrons. The van der Waals surface area contributed by atoms with Gasteiger partial charge < -0.3 is 9.74 Å². The number of sulfone groups is 1. The van der Waals surface area contributed by atoms with E-state index < -0.39 is 9.84 Å². The van der Waals surface area contributed by atoms with E-state index in [0.29, 0.717) is 31.2 Å². The molecule has 0 amide bonds. The largest absolute Gasteiger partial charge is 0.396 e. The molecule has 0 aromatic rings. The summed E-state index contributed by atoms with van der Waals surface area (Å²) in [6.07, 6.45) is 2.49. The second kappa shape index (κ2) is 6.07. The van der Waals surface area contributed by atoms with Gasteiger partial charge in [0.25, 0.3) is 0 Å². The maximum atomic E-state index is 11.1. The number of nitrogens with zero attached hydrogens (tertiary/aromatic N) is 2. The molecule has 1 rings (SSSR count).